The van der Waals surface area contributed by atoms with Crippen LogP contribution < -0.4 is 5.32 Å². The molecule has 1 saturated heterocycles. The smallest absolute Gasteiger partial charge is 0.350 e. The van der Waals surface area contributed by atoms with Gasteiger partial charge in [0, 0.05) is 12.1 Å². The zero-order chi connectivity index (χ0) is 21.5. The van der Waals surface area contributed by atoms with Crippen LogP contribution in [0.25, 0.3) is 11.0 Å². The summed E-state index contributed by atoms with van der Waals surface area (Å²) in [5, 5.41) is 32.5. The molecule has 166 valence electrons. The predicted octanol–water partition coefficient (Wildman–Crippen LogP) is 0.605. The third kappa shape index (κ3) is 4.61. The molecule has 5 N–H and O–H groups in total. The summed E-state index contributed by atoms with van der Waals surface area (Å²) in [6.45, 7) is -0.316. The molecule has 2 aliphatic rings. The van der Waals surface area contributed by atoms with Gasteiger partial charge in [0.25, 0.3) is 0 Å². The molecule has 0 radical (unpaired) electrons. The molecule has 14 heteroatoms. The van der Waals surface area contributed by atoms with Gasteiger partial charge in [0.05, 0.1) is 12.1 Å². The molecule has 2 aromatic heterocycles. The minimum absolute atomic E-state index is 0.209. The van der Waals surface area contributed by atoms with E-state index in [4.69, 9.17) is 30.9 Å². The number of hydrogen-bond donors (Lipinski definition) is 5. The van der Waals surface area contributed by atoms with Crippen LogP contribution >= 0.6 is 19.2 Å². The molecule has 0 unspecified atom stereocenters. The van der Waals surface area contributed by atoms with E-state index in [0.29, 0.717) is 16.9 Å². The fourth-order valence-corrected chi connectivity index (χ4v) is 4.35. The second-order valence-electron chi connectivity index (χ2n) is 7.53. The van der Waals surface area contributed by atoms with Gasteiger partial charge in [-0.1, -0.05) is 29.7 Å². The van der Waals surface area contributed by atoms with Gasteiger partial charge >= 0.3 is 7.60 Å². The summed E-state index contributed by atoms with van der Waals surface area (Å²) in [5.74, 6) is 0.491. The van der Waals surface area contributed by atoms with E-state index in [9.17, 15) is 14.8 Å². The third-order valence-electron chi connectivity index (χ3n) is 5.25. The lowest BCUT2D eigenvalue weighted by atomic mass is 10.1. The number of aliphatic hydroxyl groups excluding tert-OH is 2. The second kappa shape index (κ2) is 8.64. The Morgan fingerprint density at radius 3 is 2.73 bits per heavy atom. The number of nitrogens with one attached hydrogen (secondary N) is 1. The van der Waals surface area contributed by atoms with E-state index in [0.717, 1.165) is 25.7 Å². The van der Waals surface area contributed by atoms with Gasteiger partial charge in [0.2, 0.25) is 0 Å². The maximum atomic E-state index is 10.9. The average molecular weight is 464 g/mol. The lowest BCUT2D eigenvalue weighted by Gasteiger charge is -2.16. The molecule has 2 fully saturated rings. The number of pyridine rings is 1. The maximum absolute atomic E-state index is 10.9. The van der Waals surface area contributed by atoms with Crippen LogP contribution in [0.2, 0.25) is 5.15 Å². The van der Waals surface area contributed by atoms with E-state index in [1.807, 2.05) is 0 Å². The van der Waals surface area contributed by atoms with Crippen molar-refractivity contribution in [2.45, 2.75) is 56.3 Å². The van der Waals surface area contributed by atoms with Crippen molar-refractivity contribution in [1.82, 2.24) is 20.0 Å². The first-order chi connectivity index (χ1) is 14.2. The van der Waals surface area contributed by atoms with Crippen molar-refractivity contribution < 1.29 is 34.0 Å². The number of nitrogens with zero attached hydrogens (tertiary/aromatic N) is 4. The third-order valence-corrected chi connectivity index (χ3v) is 5.96. The summed E-state index contributed by atoms with van der Waals surface area (Å²) in [6, 6.07) is 1.81. The highest BCUT2D eigenvalue weighted by Crippen LogP contribution is 2.36. The highest BCUT2D eigenvalue weighted by Gasteiger charge is 2.45. The minimum Gasteiger partial charge on any atom is -0.387 e. The molecule has 3 heterocycles. The van der Waals surface area contributed by atoms with Crippen LogP contribution in [-0.4, -0.2) is 77.3 Å². The van der Waals surface area contributed by atoms with Crippen molar-refractivity contribution in [3.8, 4) is 0 Å². The molecular formula is C16H23ClN5O7P. The van der Waals surface area contributed by atoms with E-state index < -0.39 is 38.5 Å². The Morgan fingerprint density at radius 2 is 2.03 bits per heavy atom. The number of rotatable bonds is 7. The Morgan fingerprint density at radius 1 is 1.30 bits per heavy atom. The lowest BCUT2D eigenvalue weighted by Crippen LogP contribution is -2.34. The second-order valence-corrected chi connectivity index (χ2v) is 9.51. The van der Waals surface area contributed by atoms with Gasteiger partial charge in [-0.2, -0.15) is 0 Å². The molecule has 0 amide bonds. The van der Waals surface area contributed by atoms with Gasteiger partial charge in [-0.3, -0.25) is 4.57 Å². The molecule has 1 saturated carbocycles. The van der Waals surface area contributed by atoms with Gasteiger partial charge in [-0.15, -0.1) is 5.10 Å². The van der Waals surface area contributed by atoms with Crippen molar-refractivity contribution in [3.63, 3.8) is 0 Å². The van der Waals surface area contributed by atoms with Crippen LogP contribution in [0.4, 0.5) is 5.82 Å². The molecule has 0 bridgehead atoms. The summed E-state index contributed by atoms with van der Waals surface area (Å²) >= 11 is 6.18. The number of anilines is 1. The number of aromatic nitrogens is 4. The summed E-state index contributed by atoms with van der Waals surface area (Å²) in [4.78, 5) is 22.1. The summed E-state index contributed by atoms with van der Waals surface area (Å²) < 4.78 is 22.8. The summed E-state index contributed by atoms with van der Waals surface area (Å²) in [5.41, 5.74) is 0.918. The van der Waals surface area contributed by atoms with Gasteiger partial charge in [-0.25, -0.2) is 9.67 Å². The molecular weight excluding hydrogens is 441 g/mol. The fourth-order valence-electron chi connectivity index (χ4n) is 3.82. The fraction of sp³-hybridized carbons (Fsp3) is 0.688. The Balaban J connectivity index is 1.55. The summed E-state index contributed by atoms with van der Waals surface area (Å²) in [6.07, 6.45) is -1.30. The number of hydrogen-bond acceptors (Lipinski definition) is 9. The van der Waals surface area contributed by atoms with Gasteiger partial charge in [0.15, 0.2) is 17.6 Å². The van der Waals surface area contributed by atoms with E-state index >= 15 is 0 Å². The van der Waals surface area contributed by atoms with Crippen LogP contribution in [0, 0.1) is 0 Å². The largest absolute Gasteiger partial charge is 0.387 e. The normalized spacial score (nSPS) is 27.9. The van der Waals surface area contributed by atoms with Crippen molar-refractivity contribution in [2.24, 2.45) is 0 Å². The molecule has 0 spiro atoms. The van der Waals surface area contributed by atoms with E-state index in [2.05, 4.69) is 20.6 Å². The monoisotopic (exact) mass is 463 g/mol. The molecule has 0 aromatic carbocycles. The zero-order valence-corrected chi connectivity index (χ0v) is 17.5. The molecule has 1 aliphatic carbocycles. The van der Waals surface area contributed by atoms with Gasteiger partial charge < -0.3 is 34.8 Å². The van der Waals surface area contributed by atoms with Crippen LogP contribution in [0.1, 0.15) is 31.9 Å². The zero-order valence-electron chi connectivity index (χ0n) is 15.8. The number of fused-ring (bicyclic) bond motifs is 1. The Kier molecular flexibility index (Phi) is 6.29. The van der Waals surface area contributed by atoms with E-state index in [1.54, 1.807) is 0 Å². The molecule has 4 atom stereocenters. The van der Waals surface area contributed by atoms with Gasteiger partial charge in [-0.05, 0) is 12.8 Å². The first-order valence-corrected chi connectivity index (χ1v) is 11.7. The summed E-state index contributed by atoms with van der Waals surface area (Å²) in [7, 11) is -4.36. The van der Waals surface area contributed by atoms with Crippen molar-refractivity contribution in [3.05, 3.63) is 11.2 Å². The lowest BCUT2D eigenvalue weighted by molar-refractivity contribution is -0.0663. The Hall–Kier alpha value is -1.37. The highest BCUT2D eigenvalue weighted by molar-refractivity contribution is 7.51. The number of ether oxygens (including phenoxy) is 2. The van der Waals surface area contributed by atoms with Crippen LogP contribution in [0.5, 0.6) is 0 Å². The SMILES string of the molecule is O=P(O)(O)COC[C@H]1O[C@@H](n2nnc3c(NC4CCCC4)nc(Cl)cc32)[C@H](O)[C@@H]1O. The molecule has 2 aromatic rings. The number of halogens is 1. The molecule has 4 rings (SSSR count). The topological polar surface area (TPSA) is 172 Å². The van der Waals surface area contributed by atoms with Crippen molar-refractivity contribution in [1.29, 1.82) is 0 Å². The van der Waals surface area contributed by atoms with Gasteiger partial charge in [0.1, 0.15) is 29.8 Å². The Labute approximate surface area is 176 Å². The first-order valence-electron chi connectivity index (χ1n) is 9.55. The quantitative estimate of drug-likeness (QED) is 0.287. The van der Waals surface area contributed by atoms with Crippen LogP contribution in [0.3, 0.4) is 0 Å². The van der Waals surface area contributed by atoms with E-state index in [1.165, 1.54) is 10.7 Å². The van der Waals surface area contributed by atoms with Crippen LogP contribution in [-0.2, 0) is 14.0 Å². The predicted molar refractivity (Wildman–Crippen MR) is 105 cm³/mol. The number of aliphatic hydroxyl groups is 2. The Bertz CT molecular complexity index is 949. The minimum atomic E-state index is -4.36. The van der Waals surface area contributed by atoms with Crippen LogP contribution in [0.15, 0.2) is 6.07 Å². The molecule has 30 heavy (non-hydrogen) atoms. The van der Waals surface area contributed by atoms with E-state index in [-0.39, 0.29) is 17.8 Å². The molecule has 12 nitrogen and oxygen atoms in total. The van der Waals surface area contributed by atoms with Crippen molar-refractivity contribution in [2.75, 3.05) is 18.3 Å². The highest BCUT2D eigenvalue weighted by atomic mass is 35.5. The maximum Gasteiger partial charge on any atom is 0.350 e. The first kappa shape index (κ1) is 21.8. The van der Waals surface area contributed by atoms with Crippen molar-refractivity contribution >= 4 is 36.0 Å². The molecule has 1 aliphatic heterocycles. The standard InChI is InChI=1S/C16H23ClN5O7P/c17-11-5-9-12(15(19-11)18-8-3-1-2-4-8)20-21-22(9)16-14(24)13(23)10(29-16)6-28-7-30(25,26)27/h5,8,10,13-14,16,23-24H,1-4,6-7H2,(H,18,19)(H2,25,26,27)/t10-,13-,14-,16-/m1/s1. The average Bonchev–Trinajstić information content (AvgIpc) is 3.37.